The van der Waals surface area contributed by atoms with Gasteiger partial charge in [0.1, 0.15) is 0 Å². The zero-order chi connectivity index (χ0) is 26.4. The van der Waals surface area contributed by atoms with Crippen molar-refractivity contribution in [2.45, 2.75) is 64.1 Å². The van der Waals surface area contributed by atoms with Crippen molar-refractivity contribution in [3.8, 4) is 0 Å². The van der Waals surface area contributed by atoms with Crippen LogP contribution in [0.1, 0.15) is 45.7 Å². The van der Waals surface area contributed by atoms with Crippen LogP contribution in [0.4, 0.5) is 4.79 Å². The minimum Gasteiger partial charge on any atom is -0.465 e. The highest BCUT2D eigenvalue weighted by molar-refractivity contribution is 7.89. The molecule has 1 unspecified atom stereocenters. The third-order valence-corrected chi connectivity index (χ3v) is 7.67. The smallest absolute Gasteiger partial charge is 0.404 e. The van der Waals surface area contributed by atoms with Gasteiger partial charge in [-0.2, -0.15) is 4.31 Å². The number of nitrogens with zero attached hydrogens (tertiary/aromatic N) is 1. The number of aliphatic hydroxyl groups excluding tert-OH is 1. The molecule has 0 aliphatic carbocycles. The van der Waals surface area contributed by atoms with E-state index in [4.69, 9.17) is 0 Å². The monoisotopic (exact) mass is 502 g/mol. The van der Waals surface area contributed by atoms with Gasteiger partial charge in [-0.1, -0.05) is 89.7 Å². The molecule has 3 N–H and O–H groups in total. The maximum absolute atomic E-state index is 13.9. The van der Waals surface area contributed by atoms with E-state index in [-0.39, 0.29) is 23.8 Å². The van der Waals surface area contributed by atoms with E-state index >= 15 is 0 Å². The summed E-state index contributed by atoms with van der Waals surface area (Å²) in [6.45, 7) is 13.2. The number of hydrogen-bond acceptors (Lipinski definition) is 4. The minimum atomic E-state index is -4.02. The maximum atomic E-state index is 13.9. The second-order valence-electron chi connectivity index (χ2n) is 10.3. The predicted molar refractivity (Wildman–Crippen MR) is 140 cm³/mol. The van der Waals surface area contributed by atoms with E-state index in [0.29, 0.717) is 0 Å². The van der Waals surface area contributed by atoms with Gasteiger partial charge in [0.2, 0.25) is 10.0 Å². The third kappa shape index (κ3) is 7.65. The van der Waals surface area contributed by atoms with Crippen molar-refractivity contribution in [1.29, 1.82) is 0 Å². The van der Waals surface area contributed by atoms with Crippen molar-refractivity contribution in [2.24, 2.45) is 11.3 Å². The normalized spacial score (nSPS) is 15.0. The molecule has 1 amide bonds. The Hall–Kier alpha value is -2.68. The molecular formula is C27H38N2O5S. The van der Waals surface area contributed by atoms with Gasteiger partial charge in [-0.05, 0) is 41.0 Å². The molecule has 0 saturated carbocycles. The van der Waals surface area contributed by atoms with Crippen LogP contribution < -0.4 is 5.32 Å². The summed E-state index contributed by atoms with van der Waals surface area (Å²) in [5, 5.41) is 23.6. The average molecular weight is 503 g/mol. The van der Waals surface area contributed by atoms with Gasteiger partial charge in [-0.3, -0.25) is 0 Å². The second-order valence-corrected chi connectivity index (χ2v) is 12.2. The van der Waals surface area contributed by atoms with Gasteiger partial charge in [-0.25, -0.2) is 13.2 Å². The van der Waals surface area contributed by atoms with Crippen LogP contribution in [-0.4, -0.2) is 53.8 Å². The number of rotatable bonds is 11. The molecule has 0 aromatic heterocycles. The summed E-state index contributed by atoms with van der Waals surface area (Å²) in [4.78, 5) is 11.7. The number of aliphatic hydroxyl groups is 1. The number of carbonyl (C=O) groups is 1. The van der Waals surface area contributed by atoms with E-state index in [1.807, 2.05) is 65.0 Å². The summed E-state index contributed by atoms with van der Waals surface area (Å²) < 4.78 is 29.2. The molecule has 0 fully saturated rings. The van der Waals surface area contributed by atoms with Crippen molar-refractivity contribution < 1.29 is 23.4 Å². The van der Waals surface area contributed by atoms with E-state index in [1.165, 1.54) is 16.4 Å². The molecule has 7 nitrogen and oxygen atoms in total. The molecule has 0 heterocycles. The van der Waals surface area contributed by atoms with Crippen LogP contribution in [0.15, 0.2) is 66.1 Å². The van der Waals surface area contributed by atoms with E-state index in [0.717, 1.165) is 11.1 Å². The van der Waals surface area contributed by atoms with Gasteiger partial charge < -0.3 is 15.5 Å². The van der Waals surface area contributed by atoms with Crippen LogP contribution in [0.25, 0.3) is 6.08 Å². The number of hydrogen-bond donors (Lipinski definition) is 3. The van der Waals surface area contributed by atoms with Crippen molar-refractivity contribution in [3.63, 3.8) is 0 Å². The van der Waals surface area contributed by atoms with Crippen molar-refractivity contribution in [3.05, 3.63) is 72.3 Å². The molecule has 2 rings (SSSR count). The summed E-state index contributed by atoms with van der Waals surface area (Å²) in [7, 11) is -4.02. The quantitative estimate of drug-likeness (QED) is 0.415. The van der Waals surface area contributed by atoms with Crippen LogP contribution in [-0.2, 0) is 16.4 Å². The molecule has 0 saturated heterocycles. The van der Waals surface area contributed by atoms with Crippen LogP contribution in [0.5, 0.6) is 0 Å². The van der Waals surface area contributed by atoms with Gasteiger partial charge in [0.25, 0.3) is 0 Å². The van der Waals surface area contributed by atoms with Crippen LogP contribution in [0.2, 0.25) is 0 Å². The molecule has 0 aliphatic heterocycles. The molecular weight excluding hydrogens is 464 g/mol. The first-order valence-electron chi connectivity index (χ1n) is 11.7. The number of amides is 1. The lowest BCUT2D eigenvalue weighted by molar-refractivity contribution is 0.00250. The summed E-state index contributed by atoms with van der Waals surface area (Å²) in [5.41, 5.74) is 0.911. The number of nitrogens with one attached hydrogen (secondary N) is 1. The fourth-order valence-electron chi connectivity index (χ4n) is 4.25. The second kappa shape index (κ2) is 11.8. The fraction of sp³-hybridized carbons (Fsp3) is 0.444. The number of sulfonamides is 1. The molecule has 3 atom stereocenters. The zero-order valence-corrected chi connectivity index (χ0v) is 22.0. The van der Waals surface area contributed by atoms with Gasteiger partial charge >= 0.3 is 6.09 Å². The number of carboxylic acid groups (broad SMARTS) is 1. The summed E-state index contributed by atoms with van der Waals surface area (Å²) in [6, 6.07) is 13.8. The Labute approximate surface area is 209 Å². The van der Waals surface area contributed by atoms with E-state index in [1.54, 1.807) is 18.2 Å². The zero-order valence-electron chi connectivity index (χ0n) is 21.2. The van der Waals surface area contributed by atoms with Gasteiger partial charge in [-0.15, -0.1) is 0 Å². The SMILES string of the molecule is C=Cc1ccc(S(=O)(=O)N(CC(C)C)C([C@H](O)[C@H](Cc2ccccc2)NC(=O)O)C(C)(C)C)cc1. The first-order valence-corrected chi connectivity index (χ1v) is 13.2. The Balaban J connectivity index is 2.59. The summed E-state index contributed by atoms with van der Waals surface area (Å²) in [5.74, 6) is -0.0331. The van der Waals surface area contributed by atoms with Crippen LogP contribution in [0.3, 0.4) is 0 Å². The van der Waals surface area contributed by atoms with Gasteiger partial charge in [0.05, 0.1) is 23.1 Å². The molecule has 2 aromatic carbocycles. The lowest BCUT2D eigenvalue weighted by Crippen LogP contribution is -2.61. The Morgan fingerprint density at radius 1 is 1.09 bits per heavy atom. The molecule has 35 heavy (non-hydrogen) atoms. The first kappa shape index (κ1) is 28.6. The molecule has 8 heteroatoms. The summed E-state index contributed by atoms with van der Waals surface area (Å²) in [6.07, 6.45) is -0.747. The molecule has 0 spiro atoms. The molecule has 0 bridgehead atoms. The Morgan fingerprint density at radius 2 is 1.66 bits per heavy atom. The van der Waals surface area contributed by atoms with Gasteiger partial charge in [0, 0.05) is 6.54 Å². The van der Waals surface area contributed by atoms with E-state index in [9.17, 15) is 23.4 Å². The van der Waals surface area contributed by atoms with Crippen molar-refractivity contribution >= 4 is 22.2 Å². The molecule has 0 aliphatic rings. The molecule has 2 aromatic rings. The van der Waals surface area contributed by atoms with Crippen molar-refractivity contribution in [1.82, 2.24) is 9.62 Å². The van der Waals surface area contributed by atoms with Crippen LogP contribution in [0, 0.1) is 11.3 Å². The van der Waals surface area contributed by atoms with Crippen molar-refractivity contribution in [2.75, 3.05) is 6.54 Å². The summed E-state index contributed by atoms with van der Waals surface area (Å²) >= 11 is 0. The minimum absolute atomic E-state index is 0.0331. The fourth-order valence-corrected chi connectivity index (χ4v) is 6.24. The lowest BCUT2D eigenvalue weighted by atomic mass is 9.79. The highest BCUT2D eigenvalue weighted by Crippen LogP contribution is 2.34. The van der Waals surface area contributed by atoms with E-state index < -0.39 is 39.7 Å². The van der Waals surface area contributed by atoms with E-state index in [2.05, 4.69) is 11.9 Å². The Morgan fingerprint density at radius 3 is 2.11 bits per heavy atom. The highest BCUT2D eigenvalue weighted by atomic mass is 32.2. The first-order chi connectivity index (χ1) is 16.3. The lowest BCUT2D eigenvalue weighted by Gasteiger charge is -2.44. The third-order valence-electron chi connectivity index (χ3n) is 5.81. The average Bonchev–Trinajstić information content (AvgIpc) is 2.77. The topological polar surface area (TPSA) is 107 Å². The van der Waals surface area contributed by atoms with Gasteiger partial charge in [0.15, 0.2) is 0 Å². The molecule has 192 valence electrons. The molecule has 0 radical (unpaired) electrons. The predicted octanol–water partition coefficient (Wildman–Crippen LogP) is 4.63. The standard InChI is InChI=1S/C27H38N2O5S/c1-7-20-13-15-22(16-14-20)35(33,34)29(18-19(2)3)25(27(4,5)6)24(30)23(28-26(31)32)17-21-11-9-8-10-12-21/h7-16,19,23-25,28,30H,1,17-18H2,2-6H3,(H,31,32)/t23-,24+,25?/m0/s1. The maximum Gasteiger partial charge on any atom is 0.404 e. The largest absolute Gasteiger partial charge is 0.465 e. The highest BCUT2D eigenvalue weighted by Gasteiger charge is 2.45. The van der Waals surface area contributed by atoms with Crippen LogP contribution >= 0.6 is 0 Å². The number of benzene rings is 2. The Bertz CT molecular complexity index is 1080. The Kier molecular flexibility index (Phi) is 9.66.